The molecule has 3 heterocycles. The maximum absolute atomic E-state index is 3.95. The first kappa shape index (κ1) is 23.8. The van der Waals surface area contributed by atoms with Gasteiger partial charge in [0.1, 0.15) is 0 Å². The Bertz CT molecular complexity index is 1930. The van der Waals surface area contributed by atoms with Crippen molar-refractivity contribution < 1.29 is 0 Å². The standard InChI is InChI=1S/C41H29B/c1-2-26-13-15-29(16-14-26)32-21-37-24-35-19-30(27-9-5-3-6-10-27)17-33-23-34-18-31(28-11-7-4-8-12-28)20-36-25-38(22-32)41(37)42(39(33)35)40(34)36/h2-22H,1,23-25H2. The van der Waals surface area contributed by atoms with Gasteiger partial charge in [0.25, 0.3) is 0 Å². The molecule has 3 aliphatic rings. The third-order valence-electron chi connectivity index (χ3n) is 9.76. The Morgan fingerprint density at radius 1 is 0.405 bits per heavy atom. The molecule has 42 heavy (non-hydrogen) atoms. The SMILES string of the molecule is C=Cc1ccc(-c2cc3c4c(c2)Cc2cc(-c5ccccc5)cc5c2B4c2c(cc(-c4ccccc4)cc2C3)C5)cc1. The molecule has 3 aliphatic heterocycles. The van der Waals surface area contributed by atoms with Crippen molar-refractivity contribution in [2.24, 2.45) is 0 Å². The molecule has 0 saturated carbocycles. The van der Waals surface area contributed by atoms with Gasteiger partial charge in [0.15, 0.2) is 0 Å². The maximum atomic E-state index is 3.95. The summed E-state index contributed by atoms with van der Waals surface area (Å²) in [5.74, 6) is 0. The molecule has 0 aromatic heterocycles. The van der Waals surface area contributed by atoms with Gasteiger partial charge in [-0.2, -0.15) is 0 Å². The highest BCUT2D eigenvalue weighted by Gasteiger charge is 2.42. The fraction of sp³-hybridized carbons (Fsp3) is 0.0732. The highest BCUT2D eigenvalue weighted by molar-refractivity contribution is 6.98. The number of hydrogen-bond acceptors (Lipinski definition) is 0. The second-order valence-corrected chi connectivity index (χ2v) is 12.1. The van der Waals surface area contributed by atoms with Crippen molar-refractivity contribution in [3.63, 3.8) is 0 Å². The minimum Gasteiger partial charge on any atom is -0.0985 e. The van der Waals surface area contributed by atoms with E-state index in [2.05, 4.69) is 128 Å². The van der Waals surface area contributed by atoms with Gasteiger partial charge < -0.3 is 0 Å². The molecule has 0 spiro atoms. The van der Waals surface area contributed by atoms with Crippen LogP contribution in [0.3, 0.4) is 0 Å². The van der Waals surface area contributed by atoms with Crippen molar-refractivity contribution in [3.8, 4) is 33.4 Å². The Labute approximate surface area is 248 Å². The highest BCUT2D eigenvalue weighted by atomic mass is 14.3. The summed E-state index contributed by atoms with van der Waals surface area (Å²) in [5.41, 5.74) is 22.7. The van der Waals surface area contributed by atoms with Gasteiger partial charge in [-0.1, -0.05) is 150 Å². The number of benzene rings is 6. The van der Waals surface area contributed by atoms with Crippen LogP contribution < -0.4 is 16.4 Å². The van der Waals surface area contributed by atoms with Gasteiger partial charge in [0.05, 0.1) is 0 Å². The summed E-state index contributed by atoms with van der Waals surface area (Å²) in [4.78, 5) is 0. The van der Waals surface area contributed by atoms with Crippen LogP contribution in [-0.2, 0) is 19.3 Å². The van der Waals surface area contributed by atoms with E-state index < -0.39 is 0 Å². The summed E-state index contributed by atoms with van der Waals surface area (Å²) in [5, 5.41) is 0. The van der Waals surface area contributed by atoms with E-state index in [0.717, 1.165) is 24.8 Å². The fourth-order valence-electron chi connectivity index (χ4n) is 7.95. The zero-order valence-corrected chi connectivity index (χ0v) is 23.5. The lowest BCUT2D eigenvalue weighted by Gasteiger charge is -2.40. The smallest absolute Gasteiger partial charge is 0.0985 e. The maximum Gasteiger partial charge on any atom is 0.243 e. The Kier molecular flexibility index (Phi) is 5.13. The summed E-state index contributed by atoms with van der Waals surface area (Å²) in [7, 11) is 0. The van der Waals surface area contributed by atoms with E-state index in [0.29, 0.717) is 6.71 Å². The topological polar surface area (TPSA) is 0 Å². The first-order valence-electron chi connectivity index (χ1n) is 15.0. The van der Waals surface area contributed by atoms with E-state index in [1.54, 1.807) is 16.4 Å². The van der Waals surface area contributed by atoms with Crippen LogP contribution in [0, 0.1) is 0 Å². The molecular formula is C41H29B. The Morgan fingerprint density at radius 3 is 1.07 bits per heavy atom. The summed E-state index contributed by atoms with van der Waals surface area (Å²) < 4.78 is 0. The molecule has 0 amide bonds. The Balaban J connectivity index is 1.30. The van der Waals surface area contributed by atoms with Crippen molar-refractivity contribution in [1.82, 2.24) is 0 Å². The average Bonchev–Trinajstić information content (AvgIpc) is 3.05. The van der Waals surface area contributed by atoms with Crippen LogP contribution in [0.1, 0.15) is 38.9 Å². The van der Waals surface area contributed by atoms with Crippen LogP contribution in [0.25, 0.3) is 39.5 Å². The largest absolute Gasteiger partial charge is 0.243 e. The van der Waals surface area contributed by atoms with Gasteiger partial charge in [-0.15, -0.1) is 0 Å². The molecule has 0 N–H and O–H groups in total. The minimum atomic E-state index is 0.327. The number of hydrogen-bond donors (Lipinski definition) is 0. The quantitative estimate of drug-likeness (QED) is 0.205. The summed E-state index contributed by atoms with van der Waals surface area (Å²) in [6.45, 7) is 4.27. The summed E-state index contributed by atoms with van der Waals surface area (Å²) in [6.07, 6.45) is 4.91. The molecule has 0 saturated heterocycles. The third kappa shape index (κ3) is 3.56. The molecule has 6 aromatic rings. The zero-order valence-electron chi connectivity index (χ0n) is 23.5. The van der Waals surface area contributed by atoms with Gasteiger partial charge in [0.2, 0.25) is 6.71 Å². The zero-order chi connectivity index (χ0) is 27.8. The molecule has 1 heteroatoms. The van der Waals surface area contributed by atoms with Crippen LogP contribution in [-0.4, -0.2) is 6.71 Å². The summed E-state index contributed by atoms with van der Waals surface area (Å²) in [6, 6.07) is 45.6. The normalized spacial score (nSPS) is 13.5. The van der Waals surface area contributed by atoms with Crippen LogP contribution in [0.4, 0.5) is 0 Å². The van der Waals surface area contributed by atoms with E-state index in [1.807, 2.05) is 6.08 Å². The van der Waals surface area contributed by atoms with Crippen molar-refractivity contribution in [2.75, 3.05) is 0 Å². The second-order valence-electron chi connectivity index (χ2n) is 12.1. The van der Waals surface area contributed by atoms with E-state index in [-0.39, 0.29) is 0 Å². The molecule has 196 valence electrons. The van der Waals surface area contributed by atoms with Gasteiger partial charge in [-0.05, 0) is 91.6 Å². The molecule has 0 unspecified atom stereocenters. The lowest BCUT2D eigenvalue weighted by Crippen LogP contribution is -2.64. The van der Waals surface area contributed by atoms with Crippen molar-refractivity contribution in [1.29, 1.82) is 0 Å². The molecule has 6 aromatic carbocycles. The van der Waals surface area contributed by atoms with Crippen molar-refractivity contribution in [2.45, 2.75) is 19.3 Å². The molecule has 0 fully saturated rings. The van der Waals surface area contributed by atoms with Gasteiger partial charge in [-0.25, -0.2) is 0 Å². The highest BCUT2D eigenvalue weighted by Crippen LogP contribution is 2.36. The molecule has 0 aliphatic carbocycles. The van der Waals surface area contributed by atoms with Gasteiger partial charge in [-0.3, -0.25) is 0 Å². The van der Waals surface area contributed by atoms with Gasteiger partial charge in [0, 0.05) is 0 Å². The van der Waals surface area contributed by atoms with Crippen molar-refractivity contribution in [3.05, 3.63) is 167 Å². The van der Waals surface area contributed by atoms with E-state index in [9.17, 15) is 0 Å². The summed E-state index contributed by atoms with van der Waals surface area (Å²) >= 11 is 0. The monoisotopic (exact) mass is 532 g/mol. The molecule has 0 atom stereocenters. The predicted molar refractivity (Wildman–Crippen MR) is 179 cm³/mol. The Hall–Kier alpha value is -4.88. The van der Waals surface area contributed by atoms with Crippen LogP contribution in [0.15, 0.2) is 128 Å². The van der Waals surface area contributed by atoms with E-state index >= 15 is 0 Å². The fourth-order valence-corrected chi connectivity index (χ4v) is 7.95. The Morgan fingerprint density at radius 2 is 0.738 bits per heavy atom. The molecule has 9 rings (SSSR count). The first-order valence-corrected chi connectivity index (χ1v) is 15.0. The van der Waals surface area contributed by atoms with Crippen LogP contribution in [0.2, 0.25) is 0 Å². The van der Waals surface area contributed by atoms with E-state index in [1.165, 1.54) is 66.8 Å². The van der Waals surface area contributed by atoms with Crippen molar-refractivity contribution >= 4 is 29.2 Å². The average molecular weight is 532 g/mol. The third-order valence-corrected chi connectivity index (χ3v) is 9.76. The molecule has 0 nitrogen and oxygen atoms in total. The van der Waals surface area contributed by atoms with E-state index in [4.69, 9.17) is 0 Å². The number of rotatable bonds is 4. The van der Waals surface area contributed by atoms with Gasteiger partial charge >= 0.3 is 0 Å². The lowest BCUT2D eigenvalue weighted by atomic mass is 9.28. The predicted octanol–water partition coefficient (Wildman–Crippen LogP) is 7.56. The molecule has 0 bridgehead atoms. The minimum absolute atomic E-state index is 0.327. The van der Waals surface area contributed by atoms with Crippen LogP contribution in [0.5, 0.6) is 0 Å². The lowest BCUT2D eigenvalue weighted by molar-refractivity contribution is 1.10. The first-order chi connectivity index (χ1) is 20.7. The molecule has 0 radical (unpaired) electrons. The second kappa shape index (κ2) is 9.06. The van der Waals surface area contributed by atoms with Crippen LogP contribution >= 0.6 is 0 Å². The molecular weight excluding hydrogens is 503 g/mol.